The van der Waals surface area contributed by atoms with Crippen LogP contribution in [-0.2, 0) is 19.6 Å². The van der Waals surface area contributed by atoms with Gasteiger partial charge in [0.25, 0.3) is 0 Å². The molecule has 1 N–H and O–H groups in total. The Balaban J connectivity index is 1.59. The number of hydrogen-bond donors (Lipinski definition) is 1. The molecule has 0 spiro atoms. The number of sulfonamides is 1. The maximum absolute atomic E-state index is 13.8. The molecule has 0 saturated carbocycles. The summed E-state index contributed by atoms with van der Waals surface area (Å²) < 4.78 is 44.2. The molecule has 2 saturated heterocycles. The number of quaternary nitrogens is 1. The molecule has 3 aliphatic heterocycles. The van der Waals surface area contributed by atoms with E-state index >= 15 is 0 Å². The van der Waals surface area contributed by atoms with Crippen LogP contribution in [0, 0.1) is 5.92 Å². The second-order valence-corrected chi connectivity index (χ2v) is 15.3. The third-order valence-electron chi connectivity index (χ3n) is 9.00. The lowest BCUT2D eigenvalue weighted by molar-refractivity contribution is -0.870. The quantitative estimate of drug-likeness (QED) is 0.214. The van der Waals surface area contributed by atoms with Gasteiger partial charge < -0.3 is 28.7 Å². The lowest BCUT2D eigenvalue weighted by Gasteiger charge is -2.31. The number of carbonyl (C=O) groups is 2. The number of amides is 1. The molecule has 0 radical (unpaired) electrons. The predicted molar refractivity (Wildman–Crippen MR) is 167 cm³/mol. The van der Waals surface area contributed by atoms with Gasteiger partial charge in [-0.15, -0.1) is 0 Å². The summed E-state index contributed by atoms with van der Waals surface area (Å²) in [5.74, 6) is -0.743. The lowest BCUT2D eigenvalue weighted by Crippen LogP contribution is -2.46. The van der Waals surface area contributed by atoms with E-state index in [-0.39, 0.29) is 31.5 Å². The first-order valence-corrected chi connectivity index (χ1v) is 17.5. The van der Waals surface area contributed by atoms with Crippen LogP contribution in [0.4, 0.5) is 0 Å². The summed E-state index contributed by atoms with van der Waals surface area (Å²) in [5.41, 5.74) is 0.732. The minimum atomic E-state index is -3.34. The second-order valence-electron chi connectivity index (χ2n) is 13.2. The standard InChI is InChI=1S/C31H50N4O8S/c1-6-7-12-32(13-8-9-16-35(2,3)4)28(36)21-33-20-24(23-18-26(41-5)30-27(19-23)42-22-43-30)29(31(37)38)25(33)11-15-34-14-10-17-44(34,39)40/h18-19,24-25,29H,6-17,20-22H2,1-5H3/p+1/t24-,25+,29-/m1/s1. The number of ether oxygens (including phenoxy) is 3. The van der Waals surface area contributed by atoms with Crippen LogP contribution >= 0.6 is 0 Å². The van der Waals surface area contributed by atoms with Crippen LogP contribution in [0.1, 0.15) is 56.9 Å². The van der Waals surface area contributed by atoms with Crippen molar-refractivity contribution in [3.63, 3.8) is 0 Å². The van der Waals surface area contributed by atoms with Crippen LogP contribution < -0.4 is 14.2 Å². The van der Waals surface area contributed by atoms with Gasteiger partial charge in [-0.3, -0.25) is 14.5 Å². The Hall–Kier alpha value is -2.61. The SMILES string of the molecule is CCCCN(CCCC[N+](C)(C)C)C(=O)CN1C[C@H](c2cc(OC)c3c(c2)OCO3)[C@@H](C(=O)O)[C@@H]1CCN1CCCS1(=O)=O. The maximum atomic E-state index is 13.8. The number of fused-ring (bicyclic) bond motifs is 1. The van der Waals surface area contributed by atoms with Crippen molar-refractivity contribution in [3.8, 4) is 17.2 Å². The zero-order chi connectivity index (χ0) is 32.1. The molecule has 1 aromatic rings. The molecule has 2 fully saturated rings. The third kappa shape index (κ3) is 8.35. The number of methoxy groups -OCH3 is 1. The van der Waals surface area contributed by atoms with E-state index in [1.807, 2.05) is 9.80 Å². The largest absolute Gasteiger partial charge is 0.493 e. The molecule has 44 heavy (non-hydrogen) atoms. The summed E-state index contributed by atoms with van der Waals surface area (Å²) in [6.45, 7) is 5.58. The molecule has 13 heteroatoms. The van der Waals surface area contributed by atoms with Crippen molar-refractivity contribution in [2.24, 2.45) is 5.92 Å². The Bertz CT molecular complexity index is 1270. The van der Waals surface area contributed by atoms with Crippen LogP contribution in [0.15, 0.2) is 12.1 Å². The molecule has 3 heterocycles. The zero-order valence-corrected chi connectivity index (χ0v) is 27.8. The average molecular weight is 640 g/mol. The molecular formula is C31H51N4O8S+. The van der Waals surface area contributed by atoms with Crippen LogP contribution in [0.25, 0.3) is 0 Å². The van der Waals surface area contributed by atoms with Gasteiger partial charge in [0.15, 0.2) is 11.5 Å². The lowest BCUT2D eigenvalue weighted by atomic mass is 9.84. The molecule has 1 amide bonds. The summed E-state index contributed by atoms with van der Waals surface area (Å²) in [6.07, 6.45) is 4.66. The van der Waals surface area contributed by atoms with Gasteiger partial charge in [0.1, 0.15) is 0 Å². The summed E-state index contributed by atoms with van der Waals surface area (Å²) in [7, 11) is 4.66. The number of carboxylic acids is 1. The minimum Gasteiger partial charge on any atom is -0.493 e. The van der Waals surface area contributed by atoms with Crippen LogP contribution in [0.5, 0.6) is 17.2 Å². The first-order chi connectivity index (χ1) is 20.8. The summed E-state index contributed by atoms with van der Waals surface area (Å²) >= 11 is 0. The van der Waals surface area contributed by atoms with Gasteiger partial charge in [0.05, 0.1) is 53.0 Å². The Kier molecular flexibility index (Phi) is 11.4. The highest BCUT2D eigenvalue weighted by atomic mass is 32.2. The predicted octanol–water partition coefficient (Wildman–Crippen LogP) is 2.43. The second kappa shape index (κ2) is 14.7. The molecule has 0 aliphatic carbocycles. The number of likely N-dealkylation sites (tertiary alicyclic amines) is 1. The van der Waals surface area contributed by atoms with E-state index in [2.05, 4.69) is 28.1 Å². The van der Waals surface area contributed by atoms with Gasteiger partial charge in [-0.2, -0.15) is 0 Å². The first kappa shape index (κ1) is 34.3. The van der Waals surface area contributed by atoms with Crippen molar-refractivity contribution in [2.75, 3.05) is 86.6 Å². The van der Waals surface area contributed by atoms with Crippen molar-refractivity contribution in [2.45, 2.75) is 57.4 Å². The molecule has 12 nitrogen and oxygen atoms in total. The Morgan fingerprint density at radius 2 is 1.89 bits per heavy atom. The number of hydrogen-bond acceptors (Lipinski definition) is 8. The van der Waals surface area contributed by atoms with E-state index in [1.54, 1.807) is 12.1 Å². The Morgan fingerprint density at radius 3 is 2.52 bits per heavy atom. The number of aliphatic carboxylic acids is 1. The van der Waals surface area contributed by atoms with Gasteiger partial charge in [0, 0.05) is 44.7 Å². The smallest absolute Gasteiger partial charge is 0.308 e. The Morgan fingerprint density at radius 1 is 1.14 bits per heavy atom. The number of nitrogens with zero attached hydrogens (tertiary/aromatic N) is 4. The fourth-order valence-electron chi connectivity index (χ4n) is 6.65. The van der Waals surface area contributed by atoms with Gasteiger partial charge >= 0.3 is 5.97 Å². The molecule has 4 rings (SSSR count). The number of unbranched alkanes of at least 4 members (excludes halogenated alkanes) is 2. The van der Waals surface area contributed by atoms with Crippen LogP contribution in [0.2, 0.25) is 0 Å². The molecule has 0 aromatic heterocycles. The van der Waals surface area contributed by atoms with Crippen molar-refractivity contribution >= 4 is 21.9 Å². The summed E-state index contributed by atoms with van der Waals surface area (Å²) in [6, 6.07) is 3.07. The van der Waals surface area contributed by atoms with Crippen LogP contribution in [-0.4, -0.2) is 137 Å². The fraction of sp³-hybridized carbons (Fsp3) is 0.742. The van der Waals surface area contributed by atoms with Crippen molar-refractivity contribution in [1.29, 1.82) is 0 Å². The topological polar surface area (TPSA) is 126 Å². The van der Waals surface area contributed by atoms with E-state index in [0.29, 0.717) is 56.3 Å². The Labute approximate surface area is 262 Å². The average Bonchev–Trinajstić information content (AvgIpc) is 3.66. The van der Waals surface area contributed by atoms with E-state index in [1.165, 1.54) is 11.4 Å². The molecule has 0 bridgehead atoms. The minimum absolute atomic E-state index is 0.0180. The maximum Gasteiger partial charge on any atom is 0.308 e. The van der Waals surface area contributed by atoms with Gasteiger partial charge in [-0.25, -0.2) is 12.7 Å². The number of carboxylic acid groups (broad SMARTS) is 1. The summed E-state index contributed by atoms with van der Waals surface area (Å²) in [5, 5.41) is 10.6. The first-order valence-electron chi connectivity index (χ1n) is 15.8. The molecular weight excluding hydrogens is 588 g/mol. The van der Waals surface area contributed by atoms with E-state index in [4.69, 9.17) is 14.2 Å². The molecule has 1 aromatic carbocycles. The number of rotatable bonds is 16. The number of benzene rings is 1. The number of carbonyl (C=O) groups excluding carboxylic acids is 1. The molecule has 3 atom stereocenters. The van der Waals surface area contributed by atoms with Crippen molar-refractivity contribution < 1.29 is 41.8 Å². The van der Waals surface area contributed by atoms with E-state index in [0.717, 1.165) is 42.3 Å². The third-order valence-corrected chi connectivity index (χ3v) is 11.0. The zero-order valence-electron chi connectivity index (χ0n) is 27.0. The van der Waals surface area contributed by atoms with E-state index in [9.17, 15) is 23.1 Å². The highest BCUT2D eigenvalue weighted by Gasteiger charge is 2.48. The van der Waals surface area contributed by atoms with Crippen molar-refractivity contribution in [3.05, 3.63) is 17.7 Å². The van der Waals surface area contributed by atoms with Gasteiger partial charge in [0.2, 0.25) is 28.5 Å². The van der Waals surface area contributed by atoms with E-state index < -0.39 is 33.9 Å². The summed E-state index contributed by atoms with van der Waals surface area (Å²) in [4.78, 5) is 30.7. The fourth-order valence-corrected chi connectivity index (χ4v) is 8.19. The molecule has 248 valence electrons. The van der Waals surface area contributed by atoms with Crippen molar-refractivity contribution in [1.82, 2.24) is 14.1 Å². The van der Waals surface area contributed by atoms with Gasteiger partial charge in [-0.05, 0) is 49.8 Å². The molecule has 3 aliphatic rings. The molecule has 0 unspecified atom stereocenters. The normalized spacial score (nSPS) is 23.2. The highest BCUT2D eigenvalue weighted by Crippen LogP contribution is 2.47. The highest BCUT2D eigenvalue weighted by molar-refractivity contribution is 7.89. The van der Waals surface area contributed by atoms with Gasteiger partial charge in [-0.1, -0.05) is 13.3 Å². The van der Waals surface area contributed by atoms with Crippen LogP contribution in [0.3, 0.4) is 0 Å². The monoisotopic (exact) mass is 639 g/mol.